The molecule has 0 bridgehead atoms. The second kappa shape index (κ2) is 6.51. The lowest BCUT2D eigenvalue weighted by Gasteiger charge is -2.05. The van der Waals surface area contributed by atoms with Crippen LogP contribution in [0.2, 0.25) is 0 Å². The summed E-state index contributed by atoms with van der Waals surface area (Å²) in [7, 11) is 1.37. The van der Waals surface area contributed by atoms with Gasteiger partial charge in [0.05, 0.1) is 18.2 Å². The summed E-state index contributed by atoms with van der Waals surface area (Å²) in [4.78, 5) is 21.5. The predicted octanol–water partition coefficient (Wildman–Crippen LogP) is 3.40. The minimum atomic E-state index is -0.566. The third-order valence-corrected chi connectivity index (χ3v) is 4.79. The number of ketones is 1. The average Bonchev–Trinajstić information content (AvgIpc) is 3.01. The van der Waals surface area contributed by atoms with Crippen molar-refractivity contribution in [3.63, 3.8) is 0 Å². The van der Waals surface area contributed by atoms with Crippen molar-refractivity contribution < 1.29 is 13.9 Å². The number of halogens is 1. The van der Waals surface area contributed by atoms with Crippen LogP contribution >= 0.6 is 23.1 Å². The van der Waals surface area contributed by atoms with Gasteiger partial charge in [-0.15, -0.1) is 11.3 Å². The monoisotopic (exact) mass is 349 g/mol. The first kappa shape index (κ1) is 15.7. The van der Waals surface area contributed by atoms with Gasteiger partial charge in [-0.25, -0.2) is 14.4 Å². The van der Waals surface area contributed by atoms with E-state index in [4.69, 9.17) is 10.5 Å². The lowest BCUT2D eigenvalue weighted by Crippen LogP contribution is -2.04. The number of carbonyl (C=O) groups is 1. The van der Waals surface area contributed by atoms with Crippen molar-refractivity contribution in [2.45, 2.75) is 5.16 Å². The van der Waals surface area contributed by atoms with Crippen molar-refractivity contribution in [3.8, 4) is 5.75 Å². The maximum atomic E-state index is 13.6. The van der Waals surface area contributed by atoms with Crippen LogP contribution in [0.4, 0.5) is 10.2 Å². The van der Waals surface area contributed by atoms with Crippen LogP contribution in [0.1, 0.15) is 10.4 Å². The topological polar surface area (TPSA) is 78.1 Å². The molecule has 0 spiro atoms. The number of thioether (sulfide) groups is 1. The van der Waals surface area contributed by atoms with Gasteiger partial charge in [0.15, 0.2) is 22.5 Å². The quantitative estimate of drug-likeness (QED) is 0.432. The number of Topliss-reactive ketones (excluding diaryl/α,β-unsaturated/α-hetero) is 1. The molecule has 3 rings (SSSR count). The fourth-order valence-electron chi connectivity index (χ4n) is 1.98. The number of methoxy groups -OCH3 is 1. The zero-order chi connectivity index (χ0) is 16.4. The first-order chi connectivity index (χ1) is 11.1. The van der Waals surface area contributed by atoms with Crippen LogP contribution in [-0.4, -0.2) is 28.6 Å². The zero-order valence-corrected chi connectivity index (χ0v) is 13.7. The molecule has 0 saturated carbocycles. The molecule has 0 atom stereocenters. The lowest BCUT2D eigenvalue weighted by atomic mass is 10.1. The first-order valence-corrected chi connectivity index (χ1v) is 8.45. The van der Waals surface area contributed by atoms with Gasteiger partial charge in [0, 0.05) is 5.56 Å². The van der Waals surface area contributed by atoms with Crippen molar-refractivity contribution in [3.05, 3.63) is 41.0 Å². The molecule has 5 nitrogen and oxygen atoms in total. The number of rotatable bonds is 5. The molecule has 23 heavy (non-hydrogen) atoms. The number of nitrogens with two attached hydrogens (primary N) is 1. The second-order valence-corrected chi connectivity index (χ2v) is 6.43. The molecule has 0 radical (unpaired) electrons. The number of benzene rings is 1. The van der Waals surface area contributed by atoms with Crippen molar-refractivity contribution in [2.75, 3.05) is 18.6 Å². The second-order valence-electron chi connectivity index (χ2n) is 4.59. The molecule has 8 heteroatoms. The molecule has 0 saturated heterocycles. The molecular weight excluding hydrogens is 337 g/mol. The fraction of sp³-hybridized carbons (Fsp3) is 0.133. The van der Waals surface area contributed by atoms with E-state index in [1.807, 2.05) is 11.4 Å². The van der Waals surface area contributed by atoms with Crippen LogP contribution in [0.15, 0.2) is 34.8 Å². The Labute approximate surface area is 139 Å². The third kappa shape index (κ3) is 3.27. The highest BCUT2D eigenvalue weighted by atomic mass is 32.2. The third-order valence-electron chi connectivity index (χ3n) is 3.14. The molecule has 0 amide bonds. The van der Waals surface area contributed by atoms with Gasteiger partial charge in [-0.2, -0.15) is 0 Å². The van der Waals surface area contributed by atoms with E-state index in [0.29, 0.717) is 11.0 Å². The van der Waals surface area contributed by atoms with E-state index in [-0.39, 0.29) is 22.8 Å². The molecule has 118 valence electrons. The van der Waals surface area contributed by atoms with Crippen LogP contribution in [0.3, 0.4) is 0 Å². The molecular formula is C15H12FN3O2S2. The molecule has 2 heterocycles. The predicted molar refractivity (Wildman–Crippen MR) is 89.8 cm³/mol. The van der Waals surface area contributed by atoms with E-state index in [1.54, 1.807) is 0 Å². The first-order valence-electron chi connectivity index (χ1n) is 6.58. The van der Waals surface area contributed by atoms with Crippen molar-refractivity contribution in [2.24, 2.45) is 0 Å². The largest absolute Gasteiger partial charge is 0.494 e. The number of fused-ring (bicyclic) bond motifs is 1. The summed E-state index contributed by atoms with van der Waals surface area (Å²) in [5, 5.41) is 3.12. The highest BCUT2D eigenvalue weighted by Gasteiger charge is 2.13. The average molecular weight is 349 g/mol. The van der Waals surface area contributed by atoms with Crippen molar-refractivity contribution in [1.29, 1.82) is 0 Å². The Kier molecular flexibility index (Phi) is 4.44. The van der Waals surface area contributed by atoms with Gasteiger partial charge in [0.2, 0.25) is 0 Å². The smallest absolute Gasteiger partial charge is 0.191 e. The lowest BCUT2D eigenvalue weighted by molar-refractivity contribution is 0.102. The summed E-state index contributed by atoms with van der Waals surface area (Å²) in [6.45, 7) is 0. The number of nitrogens with zero attached hydrogens (tertiary/aromatic N) is 2. The number of carbonyl (C=O) groups excluding carboxylic acids is 1. The van der Waals surface area contributed by atoms with Gasteiger partial charge in [-0.1, -0.05) is 11.8 Å². The van der Waals surface area contributed by atoms with E-state index in [1.165, 1.54) is 48.4 Å². The van der Waals surface area contributed by atoms with Crippen LogP contribution in [0.5, 0.6) is 5.75 Å². The fourth-order valence-corrected chi connectivity index (χ4v) is 3.55. The van der Waals surface area contributed by atoms with Gasteiger partial charge >= 0.3 is 0 Å². The molecule has 0 aliphatic rings. The van der Waals surface area contributed by atoms with Crippen LogP contribution in [-0.2, 0) is 0 Å². The summed E-state index contributed by atoms with van der Waals surface area (Å²) in [5.74, 6) is -0.189. The van der Waals surface area contributed by atoms with E-state index in [0.717, 1.165) is 10.2 Å². The number of thiophene rings is 1. The van der Waals surface area contributed by atoms with Gasteiger partial charge in [0.1, 0.15) is 10.6 Å². The van der Waals surface area contributed by atoms with Gasteiger partial charge < -0.3 is 10.5 Å². The molecule has 0 fully saturated rings. The maximum absolute atomic E-state index is 13.6. The molecule has 3 aromatic rings. The number of hydrogen-bond donors (Lipinski definition) is 1. The summed E-state index contributed by atoms with van der Waals surface area (Å²) in [6, 6.07) is 5.98. The SMILES string of the molecule is COc1ccc(C(=O)CSc2nc(N)c3ccsc3n2)cc1F. The Morgan fingerprint density at radius 3 is 2.96 bits per heavy atom. The van der Waals surface area contributed by atoms with E-state index in [9.17, 15) is 9.18 Å². The van der Waals surface area contributed by atoms with E-state index in [2.05, 4.69) is 9.97 Å². The van der Waals surface area contributed by atoms with Crippen molar-refractivity contribution in [1.82, 2.24) is 9.97 Å². The Bertz CT molecular complexity index is 882. The Hall–Kier alpha value is -2.19. The highest BCUT2D eigenvalue weighted by Crippen LogP contribution is 2.27. The standard InChI is InChI=1S/C15H12FN3O2S2/c1-21-12-3-2-8(6-10(12)16)11(20)7-23-15-18-13(17)9-4-5-22-14(9)19-15/h2-6H,7H2,1H3,(H2,17,18,19). The molecule has 1 aromatic carbocycles. The van der Waals surface area contributed by atoms with Crippen LogP contribution < -0.4 is 10.5 Å². The minimum absolute atomic E-state index is 0.0993. The maximum Gasteiger partial charge on any atom is 0.191 e. The Morgan fingerprint density at radius 2 is 2.22 bits per heavy atom. The van der Waals surface area contributed by atoms with Crippen LogP contribution in [0.25, 0.3) is 10.2 Å². The summed E-state index contributed by atoms with van der Waals surface area (Å²) in [5.41, 5.74) is 6.14. The highest BCUT2D eigenvalue weighted by molar-refractivity contribution is 7.99. The molecule has 0 aliphatic heterocycles. The van der Waals surface area contributed by atoms with E-state index >= 15 is 0 Å². The number of ether oxygens (including phenoxy) is 1. The summed E-state index contributed by atoms with van der Waals surface area (Å²) in [6.07, 6.45) is 0. The van der Waals surface area contributed by atoms with E-state index < -0.39 is 5.82 Å². The number of hydrogen-bond acceptors (Lipinski definition) is 7. The van der Waals surface area contributed by atoms with Gasteiger partial charge in [-0.05, 0) is 29.6 Å². The molecule has 0 aliphatic carbocycles. The molecule has 2 aromatic heterocycles. The number of anilines is 1. The number of nitrogen functional groups attached to an aromatic ring is 1. The summed E-state index contributed by atoms with van der Waals surface area (Å²) < 4.78 is 18.5. The number of aromatic nitrogens is 2. The van der Waals surface area contributed by atoms with Gasteiger partial charge in [-0.3, -0.25) is 4.79 Å². The Morgan fingerprint density at radius 1 is 1.39 bits per heavy atom. The van der Waals surface area contributed by atoms with Crippen LogP contribution in [0, 0.1) is 5.82 Å². The molecule has 2 N–H and O–H groups in total. The minimum Gasteiger partial charge on any atom is -0.494 e. The van der Waals surface area contributed by atoms with Gasteiger partial charge in [0.25, 0.3) is 0 Å². The Balaban J connectivity index is 1.73. The molecule has 0 unspecified atom stereocenters. The normalized spacial score (nSPS) is 10.9. The van der Waals surface area contributed by atoms with Crippen molar-refractivity contribution >= 4 is 44.9 Å². The zero-order valence-electron chi connectivity index (χ0n) is 12.1. The summed E-state index contributed by atoms with van der Waals surface area (Å²) >= 11 is 2.63.